The minimum absolute atomic E-state index is 1.09. The van der Waals surface area contributed by atoms with Gasteiger partial charge in [-0.3, -0.25) is 0 Å². The van der Waals surface area contributed by atoms with Crippen LogP contribution in [0.4, 0.5) is 0 Å². The molecule has 0 atom stereocenters. The highest BCUT2D eigenvalue weighted by Crippen LogP contribution is 2.17. The summed E-state index contributed by atoms with van der Waals surface area (Å²) in [6, 6.07) is 1.09. The lowest BCUT2D eigenvalue weighted by molar-refractivity contribution is 0.246. The minimum atomic E-state index is -1.86. The molecule has 0 N–H and O–H groups in total. The zero-order valence-electron chi connectivity index (χ0n) is 12.8. The Hall–Kier alpha value is 0.314. The Balaban J connectivity index is 4.15. The largest absolute Gasteiger partial charge is 0.398 e. The van der Waals surface area contributed by atoms with E-state index in [4.69, 9.17) is 8.85 Å². The van der Waals surface area contributed by atoms with Gasteiger partial charge in [0.2, 0.25) is 0 Å². The monoisotopic (exact) mass is 277 g/mol. The van der Waals surface area contributed by atoms with Gasteiger partial charge in [0.05, 0.1) is 0 Å². The Bertz CT molecular complexity index is 203. The van der Waals surface area contributed by atoms with E-state index in [2.05, 4.69) is 37.7 Å². The van der Waals surface area contributed by atoms with E-state index in [1.807, 2.05) is 0 Å². The van der Waals surface area contributed by atoms with Crippen LogP contribution in [0.5, 0.6) is 0 Å². The van der Waals surface area contributed by atoms with Gasteiger partial charge in [0.1, 0.15) is 8.24 Å². The number of hydrogen-bond acceptors (Lipinski definition) is 3. The smallest absolute Gasteiger partial charge is 0.334 e. The van der Waals surface area contributed by atoms with Crippen molar-refractivity contribution in [1.82, 2.24) is 4.57 Å². The van der Waals surface area contributed by atoms with Crippen LogP contribution in [-0.4, -0.2) is 48.7 Å². The summed E-state index contributed by atoms with van der Waals surface area (Å²) in [6.07, 6.45) is 2.43. The van der Waals surface area contributed by atoms with E-state index < -0.39 is 16.8 Å². The van der Waals surface area contributed by atoms with Crippen LogP contribution >= 0.6 is 0 Å². The zero-order valence-corrected chi connectivity index (χ0v) is 14.8. The van der Waals surface area contributed by atoms with Crippen LogP contribution in [0.15, 0.2) is 0 Å². The van der Waals surface area contributed by atoms with E-state index >= 15 is 0 Å². The molecule has 104 valence electrons. The average Bonchev–Trinajstić information content (AvgIpc) is 2.26. The number of rotatable bonds is 9. The second-order valence-corrected chi connectivity index (χ2v) is 14.4. The van der Waals surface area contributed by atoms with Crippen molar-refractivity contribution in [3.05, 3.63) is 0 Å². The summed E-state index contributed by atoms with van der Waals surface area (Å²) in [7, 11) is 0.537. The quantitative estimate of drug-likeness (QED) is 0.604. The first-order valence-corrected chi connectivity index (χ1v) is 12.6. The summed E-state index contributed by atoms with van der Waals surface area (Å²) < 4.78 is 13.7. The third-order valence-electron chi connectivity index (χ3n) is 3.36. The Morgan fingerprint density at radius 2 is 1.47 bits per heavy atom. The highest BCUT2D eigenvalue weighted by atomic mass is 28.4. The standard InChI is InChI=1S/C12H31NO2Si2/c1-8-10-13(16(4,5)6)11-9-12-17(7,14-2)15-3/h8-12H2,1-7H3. The first-order valence-electron chi connectivity index (χ1n) is 6.64. The van der Waals surface area contributed by atoms with Crippen LogP contribution in [-0.2, 0) is 8.85 Å². The van der Waals surface area contributed by atoms with Gasteiger partial charge in [-0.05, 0) is 38.5 Å². The predicted molar refractivity (Wildman–Crippen MR) is 80.3 cm³/mol. The Morgan fingerprint density at radius 3 is 1.82 bits per heavy atom. The normalized spacial score (nSPS) is 13.4. The predicted octanol–water partition coefficient (Wildman–Crippen LogP) is 3.29. The van der Waals surface area contributed by atoms with Gasteiger partial charge in [-0.15, -0.1) is 0 Å². The lowest BCUT2D eigenvalue weighted by Gasteiger charge is -2.34. The molecule has 0 aliphatic heterocycles. The number of hydrogen-bond donors (Lipinski definition) is 0. The molecule has 0 saturated carbocycles. The van der Waals surface area contributed by atoms with Crippen molar-refractivity contribution >= 4 is 16.8 Å². The first kappa shape index (κ1) is 17.3. The minimum Gasteiger partial charge on any atom is -0.398 e. The number of nitrogens with zero attached hydrogens (tertiary/aromatic N) is 1. The summed E-state index contributed by atoms with van der Waals surface area (Å²) >= 11 is 0. The molecule has 0 saturated heterocycles. The molecule has 0 spiro atoms. The molecule has 0 unspecified atom stereocenters. The summed E-state index contributed by atoms with van der Waals surface area (Å²) in [5.74, 6) is 0. The molecule has 0 aromatic heterocycles. The fourth-order valence-corrected chi connectivity index (χ4v) is 5.03. The topological polar surface area (TPSA) is 21.7 Å². The Kier molecular flexibility index (Phi) is 7.83. The van der Waals surface area contributed by atoms with Gasteiger partial charge >= 0.3 is 8.56 Å². The molecule has 0 rings (SSSR count). The van der Waals surface area contributed by atoms with Crippen LogP contribution < -0.4 is 0 Å². The highest BCUT2D eigenvalue weighted by Gasteiger charge is 2.29. The van der Waals surface area contributed by atoms with Gasteiger partial charge in [-0.25, -0.2) is 0 Å². The van der Waals surface area contributed by atoms with Gasteiger partial charge in [-0.1, -0.05) is 26.6 Å². The molecule has 0 aromatic carbocycles. The lowest BCUT2D eigenvalue weighted by Crippen LogP contribution is -2.47. The molecule has 0 heterocycles. The molecule has 0 fully saturated rings. The molecule has 0 aliphatic rings. The molecular weight excluding hydrogens is 246 g/mol. The van der Waals surface area contributed by atoms with Crippen LogP contribution in [0.2, 0.25) is 32.2 Å². The highest BCUT2D eigenvalue weighted by molar-refractivity contribution is 6.73. The lowest BCUT2D eigenvalue weighted by atomic mass is 10.4. The Labute approximate surface area is 110 Å². The molecular formula is C12H31NO2Si2. The van der Waals surface area contributed by atoms with Gasteiger partial charge in [0.25, 0.3) is 0 Å². The van der Waals surface area contributed by atoms with Crippen molar-refractivity contribution in [3.63, 3.8) is 0 Å². The molecule has 0 amide bonds. The molecule has 0 bridgehead atoms. The van der Waals surface area contributed by atoms with E-state index in [1.54, 1.807) is 14.2 Å². The fourth-order valence-electron chi connectivity index (χ4n) is 1.93. The van der Waals surface area contributed by atoms with E-state index in [1.165, 1.54) is 25.9 Å². The third-order valence-corrected chi connectivity index (χ3v) is 8.70. The summed E-state index contributed by atoms with van der Waals surface area (Å²) in [6.45, 7) is 14.1. The van der Waals surface area contributed by atoms with E-state index in [-0.39, 0.29) is 0 Å². The summed E-state index contributed by atoms with van der Waals surface area (Å²) in [4.78, 5) is 0. The van der Waals surface area contributed by atoms with E-state index in [0.29, 0.717) is 0 Å². The average molecular weight is 278 g/mol. The van der Waals surface area contributed by atoms with Gasteiger partial charge in [-0.2, -0.15) is 0 Å². The Morgan fingerprint density at radius 1 is 0.941 bits per heavy atom. The SMILES string of the molecule is CCCN(CCC[Si](C)(OC)OC)[Si](C)(C)C. The van der Waals surface area contributed by atoms with Crippen LogP contribution in [0, 0.1) is 0 Å². The van der Waals surface area contributed by atoms with E-state index in [9.17, 15) is 0 Å². The van der Waals surface area contributed by atoms with Gasteiger partial charge in [0, 0.05) is 14.2 Å². The molecule has 5 heteroatoms. The van der Waals surface area contributed by atoms with Crippen molar-refractivity contribution in [2.45, 2.75) is 52.0 Å². The molecule has 0 radical (unpaired) electrons. The summed E-state index contributed by atoms with van der Waals surface area (Å²) in [5, 5.41) is 0. The maximum atomic E-state index is 5.52. The third kappa shape index (κ3) is 6.71. The van der Waals surface area contributed by atoms with E-state index in [0.717, 1.165) is 6.04 Å². The van der Waals surface area contributed by atoms with Crippen molar-refractivity contribution in [1.29, 1.82) is 0 Å². The van der Waals surface area contributed by atoms with Crippen LogP contribution in [0.1, 0.15) is 19.8 Å². The van der Waals surface area contributed by atoms with Gasteiger partial charge < -0.3 is 13.4 Å². The van der Waals surface area contributed by atoms with Crippen LogP contribution in [0.25, 0.3) is 0 Å². The van der Waals surface area contributed by atoms with Crippen molar-refractivity contribution in [3.8, 4) is 0 Å². The zero-order chi connectivity index (χ0) is 13.5. The maximum absolute atomic E-state index is 5.52. The molecule has 17 heavy (non-hydrogen) atoms. The fraction of sp³-hybridized carbons (Fsp3) is 1.00. The summed E-state index contributed by atoms with van der Waals surface area (Å²) in [5.41, 5.74) is 0. The van der Waals surface area contributed by atoms with Crippen molar-refractivity contribution < 1.29 is 8.85 Å². The second-order valence-electron chi connectivity index (χ2n) is 5.80. The molecule has 0 aliphatic carbocycles. The maximum Gasteiger partial charge on any atom is 0.334 e. The molecule has 0 aromatic rings. The molecule has 3 nitrogen and oxygen atoms in total. The first-order chi connectivity index (χ1) is 7.79. The second kappa shape index (κ2) is 7.68. The van der Waals surface area contributed by atoms with Gasteiger partial charge in [0.15, 0.2) is 0 Å². The van der Waals surface area contributed by atoms with Crippen molar-refractivity contribution in [2.75, 3.05) is 27.3 Å². The van der Waals surface area contributed by atoms with Crippen LogP contribution in [0.3, 0.4) is 0 Å². The van der Waals surface area contributed by atoms with Crippen molar-refractivity contribution in [2.24, 2.45) is 0 Å².